The van der Waals surface area contributed by atoms with Crippen LogP contribution in [0.25, 0.3) is 0 Å². The number of aromatic nitrogens is 4. The fourth-order valence-electron chi connectivity index (χ4n) is 1.73. The highest BCUT2D eigenvalue weighted by atomic mass is 15.3. The molecule has 1 unspecified atom stereocenters. The molecule has 0 aliphatic heterocycles. The molecule has 86 valence electrons. The molecule has 0 aliphatic rings. The summed E-state index contributed by atoms with van der Waals surface area (Å²) in [5.41, 5.74) is 7.04. The van der Waals surface area contributed by atoms with Crippen LogP contribution in [-0.4, -0.2) is 25.4 Å². The highest BCUT2D eigenvalue weighted by molar-refractivity contribution is 5.10. The molecule has 0 fully saturated rings. The van der Waals surface area contributed by atoms with Gasteiger partial charge in [0.1, 0.15) is 12.2 Å². The highest BCUT2D eigenvalue weighted by Crippen LogP contribution is 2.07. The Morgan fingerprint density at radius 3 is 2.94 bits per heavy atom. The second-order valence-electron chi connectivity index (χ2n) is 4.11. The second kappa shape index (κ2) is 4.49. The minimum Gasteiger partial charge on any atom is -0.344 e. The molecule has 0 saturated heterocycles. The van der Waals surface area contributed by atoms with Crippen molar-refractivity contribution in [2.75, 3.05) is 0 Å². The summed E-state index contributed by atoms with van der Waals surface area (Å²) in [5, 5.41) is 4.06. The van der Waals surface area contributed by atoms with E-state index >= 15 is 0 Å². The standard InChI is InChI=1S/C11H17N5/c1-9(12)6-10-4-3-5-16(10)7-11-13-8-14-15(11)2/h3-5,8-9H,6-7,12H2,1-2H3. The summed E-state index contributed by atoms with van der Waals surface area (Å²) >= 11 is 0. The molecule has 1 atom stereocenters. The largest absolute Gasteiger partial charge is 0.344 e. The van der Waals surface area contributed by atoms with Gasteiger partial charge in [-0.1, -0.05) is 0 Å². The molecule has 2 rings (SSSR count). The average Bonchev–Trinajstić information content (AvgIpc) is 2.78. The van der Waals surface area contributed by atoms with Crippen LogP contribution >= 0.6 is 0 Å². The van der Waals surface area contributed by atoms with Gasteiger partial charge in [0.05, 0.1) is 6.54 Å². The van der Waals surface area contributed by atoms with Gasteiger partial charge in [-0.2, -0.15) is 5.10 Å². The van der Waals surface area contributed by atoms with E-state index in [0.717, 1.165) is 18.8 Å². The zero-order valence-electron chi connectivity index (χ0n) is 9.67. The van der Waals surface area contributed by atoms with Crippen LogP contribution in [0.2, 0.25) is 0 Å². The minimum absolute atomic E-state index is 0.174. The molecule has 0 spiro atoms. The number of hydrogen-bond acceptors (Lipinski definition) is 3. The van der Waals surface area contributed by atoms with E-state index < -0.39 is 0 Å². The van der Waals surface area contributed by atoms with Crippen LogP contribution in [0, 0.1) is 0 Å². The molecule has 0 saturated carbocycles. The first kappa shape index (κ1) is 10.9. The molecule has 0 aliphatic carbocycles. The van der Waals surface area contributed by atoms with Gasteiger partial charge in [0.2, 0.25) is 0 Å². The van der Waals surface area contributed by atoms with Crippen molar-refractivity contribution in [3.8, 4) is 0 Å². The van der Waals surface area contributed by atoms with Gasteiger partial charge in [-0.15, -0.1) is 0 Å². The van der Waals surface area contributed by atoms with Crippen LogP contribution < -0.4 is 5.73 Å². The number of rotatable bonds is 4. The summed E-state index contributed by atoms with van der Waals surface area (Å²) in [4.78, 5) is 4.21. The van der Waals surface area contributed by atoms with Crippen molar-refractivity contribution in [2.24, 2.45) is 12.8 Å². The summed E-state index contributed by atoms with van der Waals surface area (Å²) in [6.07, 6.45) is 4.50. The monoisotopic (exact) mass is 219 g/mol. The first-order chi connectivity index (χ1) is 7.66. The molecule has 2 aromatic rings. The number of nitrogens with two attached hydrogens (primary N) is 1. The van der Waals surface area contributed by atoms with E-state index in [0.29, 0.717) is 0 Å². The molecule has 2 aromatic heterocycles. The fourth-order valence-corrected chi connectivity index (χ4v) is 1.73. The van der Waals surface area contributed by atoms with Crippen LogP contribution in [0.4, 0.5) is 0 Å². The predicted molar refractivity (Wildman–Crippen MR) is 61.9 cm³/mol. The zero-order valence-corrected chi connectivity index (χ0v) is 9.67. The van der Waals surface area contributed by atoms with Gasteiger partial charge in [-0.05, 0) is 19.1 Å². The van der Waals surface area contributed by atoms with Gasteiger partial charge in [0.15, 0.2) is 0 Å². The Balaban J connectivity index is 2.16. The van der Waals surface area contributed by atoms with E-state index in [-0.39, 0.29) is 6.04 Å². The Bertz CT molecular complexity index is 454. The summed E-state index contributed by atoms with van der Waals surface area (Å²) in [5.74, 6) is 0.946. The summed E-state index contributed by atoms with van der Waals surface area (Å²) in [6.45, 7) is 2.76. The molecule has 0 aromatic carbocycles. The summed E-state index contributed by atoms with van der Waals surface area (Å²) in [7, 11) is 1.90. The van der Waals surface area contributed by atoms with Crippen molar-refractivity contribution in [3.63, 3.8) is 0 Å². The molecule has 5 heteroatoms. The van der Waals surface area contributed by atoms with Crippen molar-refractivity contribution >= 4 is 0 Å². The lowest BCUT2D eigenvalue weighted by Crippen LogP contribution is -2.20. The quantitative estimate of drug-likeness (QED) is 0.817. The highest BCUT2D eigenvalue weighted by Gasteiger charge is 2.06. The van der Waals surface area contributed by atoms with Gasteiger partial charge < -0.3 is 10.3 Å². The van der Waals surface area contributed by atoms with Crippen LogP contribution in [0.5, 0.6) is 0 Å². The Labute approximate surface area is 94.9 Å². The molecular weight excluding hydrogens is 202 g/mol. The lowest BCUT2D eigenvalue weighted by atomic mass is 10.2. The van der Waals surface area contributed by atoms with E-state index in [4.69, 9.17) is 5.73 Å². The van der Waals surface area contributed by atoms with Gasteiger partial charge in [-0.25, -0.2) is 4.98 Å². The fraction of sp³-hybridized carbons (Fsp3) is 0.455. The number of hydrogen-bond donors (Lipinski definition) is 1. The maximum Gasteiger partial charge on any atom is 0.146 e. The van der Waals surface area contributed by atoms with Crippen molar-refractivity contribution in [2.45, 2.75) is 25.9 Å². The van der Waals surface area contributed by atoms with Crippen LogP contribution in [-0.2, 0) is 20.0 Å². The Hall–Kier alpha value is -1.62. The lowest BCUT2D eigenvalue weighted by molar-refractivity contribution is 0.618. The van der Waals surface area contributed by atoms with Gasteiger partial charge in [0.25, 0.3) is 0 Å². The van der Waals surface area contributed by atoms with E-state index in [1.807, 2.05) is 26.2 Å². The molecule has 5 nitrogen and oxygen atoms in total. The maximum absolute atomic E-state index is 5.81. The molecule has 2 heterocycles. The Morgan fingerprint density at radius 2 is 2.31 bits per heavy atom. The summed E-state index contributed by atoms with van der Waals surface area (Å²) in [6, 6.07) is 4.31. The average molecular weight is 219 g/mol. The van der Waals surface area contributed by atoms with E-state index in [2.05, 4.69) is 20.7 Å². The van der Waals surface area contributed by atoms with Gasteiger partial charge in [0, 0.05) is 31.4 Å². The topological polar surface area (TPSA) is 61.7 Å². The molecule has 0 bridgehead atoms. The summed E-state index contributed by atoms with van der Waals surface area (Å²) < 4.78 is 3.95. The maximum atomic E-state index is 5.81. The van der Waals surface area contributed by atoms with Crippen molar-refractivity contribution < 1.29 is 0 Å². The number of aryl methyl sites for hydroxylation is 1. The first-order valence-corrected chi connectivity index (χ1v) is 5.39. The van der Waals surface area contributed by atoms with Crippen LogP contribution in [0.1, 0.15) is 18.4 Å². The molecule has 2 N–H and O–H groups in total. The van der Waals surface area contributed by atoms with E-state index in [1.54, 1.807) is 11.0 Å². The van der Waals surface area contributed by atoms with Crippen molar-refractivity contribution in [1.82, 2.24) is 19.3 Å². The number of nitrogens with zero attached hydrogens (tertiary/aromatic N) is 4. The molecular formula is C11H17N5. The van der Waals surface area contributed by atoms with Crippen molar-refractivity contribution in [1.29, 1.82) is 0 Å². The van der Waals surface area contributed by atoms with Crippen LogP contribution in [0.15, 0.2) is 24.7 Å². The van der Waals surface area contributed by atoms with Crippen LogP contribution in [0.3, 0.4) is 0 Å². The second-order valence-corrected chi connectivity index (χ2v) is 4.11. The van der Waals surface area contributed by atoms with Crippen molar-refractivity contribution in [3.05, 3.63) is 36.2 Å². The lowest BCUT2D eigenvalue weighted by Gasteiger charge is -2.10. The third-order valence-corrected chi connectivity index (χ3v) is 2.57. The minimum atomic E-state index is 0.174. The van der Waals surface area contributed by atoms with E-state index in [1.165, 1.54) is 5.69 Å². The predicted octanol–water partition coefficient (Wildman–Crippen LogP) is 0.555. The SMILES string of the molecule is CC(N)Cc1cccn1Cc1ncnn1C. The first-order valence-electron chi connectivity index (χ1n) is 5.39. The van der Waals surface area contributed by atoms with Gasteiger partial charge in [-0.3, -0.25) is 4.68 Å². The normalized spacial score (nSPS) is 12.9. The zero-order chi connectivity index (χ0) is 11.5. The molecule has 0 amide bonds. The molecule has 0 radical (unpaired) electrons. The van der Waals surface area contributed by atoms with Gasteiger partial charge >= 0.3 is 0 Å². The Kier molecular flexibility index (Phi) is 3.05. The third kappa shape index (κ3) is 2.30. The smallest absolute Gasteiger partial charge is 0.146 e. The molecule has 16 heavy (non-hydrogen) atoms. The third-order valence-electron chi connectivity index (χ3n) is 2.57. The van der Waals surface area contributed by atoms with E-state index in [9.17, 15) is 0 Å². The Morgan fingerprint density at radius 1 is 1.50 bits per heavy atom.